The Morgan fingerprint density at radius 3 is 2.23 bits per heavy atom. The van der Waals surface area contributed by atoms with Crippen molar-refractivity contribution in [3.05, 3.63) is 47.5 Å². The molecule has 13 heavy (non-hydrogen) atoms. The van der Waals surface area contributed by atoms with Gasteiger partial charge in [0.15, 0.2) is 0 Å². The van der Waals surface area contributed by atoms with Crippen LogP contribution in [0.5, 0.6) is 0 Å². The van der Waals surface area contributed by atoms with Crippen LogP contribution in [0, 0.1) is 6.08 Å². The summed E-state index contributed by atoms with van der Waals surface area (Å²) in [5.74, 6) is -0.365. The molecule has 0 aliphatic heterocycles. The maximum atomic E-state index is 11.2. The van der Waals surface area contributed by atoms with Crippen LogP contribution in [0.25, 0.3) is 0 Å². The van der Waals surface area contributed by atoms with Crippen molar-refractivity contribution >= 4 is 11.6 Å². The van der Waals surface area contributed by atoms with Crippen LogP contribution in [0.1, 0.15) is 20.7 Å². The first kappa shape index (κ1) is 10.5. The third-order valence-electron chi connectivity index (χ3n) is 1.77. The van der Waals surface area contributed by atoms with Crippen LogP contribution in [0.3, 0.4) is 0 Å². The van der Waals surface area contributed by atoms with Crippen LogP contribution in [-0.2, 0) is 32.7 Å². The van der Waals surface area contributed by atoms with E-state index in [0.29, 0.717) is 11.1 Å². The van der Waals surface area contributed by atoms with Gasteiger partial charge in [0, 0.05) is 32.7 Å². The third kappa shape index (κ3) is 1.84. The molecule has 0 spiro atoms. The first-order valence-electron chi connectivity index (χ1n) is 3.56. The summed E-state index contributed by atoms with van der Waals surface area (Å²) in [5.41, 5.74) is 0.922. The number of ketones is 2. The Labute approximate surface area is 101 Å². The molecule has 0 saturated heterocycles. The molecule has 0 aromatic heterocycles. The van der Waals surface area contributed by atoms with Crippen LogP contribution < -0.4 is 0 Å². The van der Waals surface area contributed by atoms with Gasteiger partial charge in [-0.05, 0) is 0 Å². The molecule has 0 bridgehead atoms. The van der Waals surface area contributed by atoms with Crippen LogP contribution in [0.15, 0.2) is 30.3 Å². The third-order valence-corrected chi connectivity index (χ3v) is 1.77. The van der Waals surface area contributed by atoms with Crippen molar-refractivity contribution in [1.29, 1.82) is 0 Å². The fourth-order valence-corrected chi connectivity index (χ4v) is 1.18. The Morgan fingerprint density at radius 2 is 1.62 bits per heavy atom. The summed E-state index contributed by atoms with van der Waals surface area (Å²) in [7, 11) is 0. The van der Waals surface area contributed by atoms with E-state index in [1.54, 1.807) is 24.3 Å². The molecule has 0 amide bonds. The van der Waals surface area contributed by atoms with Gasteiger partial charge >= 0.3 is 0 Å². The molecule has 1 aromatic carbocycles. The molecule has 0 N–H and O–H groups in total. The van der Waals surface area contributed by atoms with Gasteiger partial charge in [-0.3, -0.25) is 0 Å². The summed E-state index contributed by atoms with van der Waals surface area (Å²) < 4.78 is 0. The molecule has 2 nitrogen and oxygen atoms in total. The van der Waals surface area contributed by atoms with E-state index in [0.717, 1.165) is 0 Å². The quantitative estimate of drug-likeness (QED) is 0.649. The number of fused-ring (bicyclic) bond motifs is 1. The summed E-state index contributed by atoms with van der Waals surface area (Å²) in [6.07, 6.45) is 3.56. The van der Waals surface area contributed by atoms with E-state index < -0.39 is 0 Å². The van der Waals surface area contributed by atoms with E-state index >= 15 is 0 Å². The molecule has 1 radical (unpaired) electrons. The fourth-order valence-electron chi connectivity index (χ4n) is 1.18. The van der Waals surface area contributed by atoms with E-state index in [1.165, 1.54) is 6.08 Å². The summed E-state index contributed by atoms with van der Waals surface area (Å²) in [5, 5.41) is 0. The van der Waals surface area contributed by atoms with Crippen LogP contribution >= 0.6 is 0 Å². The second-order valence-electron chi connectivity index (χ2n) is 2.53. The van der Waals surface area contributed by atoms with Gasteiger partial charge in [-0.25, -0.2) is 0 Å². The first-order chi connectivity index (χ1) is 5.79. The molecule has 0 unspecified atom stereocenters. The monoisotopic (exact) mass is 246 g/mol. The molecule has 1 aliphatic rings. The zero-order valence-corrected chi connectivity index (χ0v) is 9.62. The van der Waals surface area contributed by atoms with Crippen LogP contribution in [0.2, 0.25) is 0 Å². The van der Waals surface area contributed by atoms with Gasteiger partial charge in [0.05, 0.1) is 11.6 Å². The van der Waals surface area contributed by atoms with Gasteiger partial charge in [0.2, 0.25) is 0 Å². The zero-order valence-electron chi connectivity index (χ0n) is 6.78. The van der Waals surface area contributed by atoms with E-state index in [4.69, 9.17) is 0 Å². The second-order valence-corrected chi connectivity index (χ2v) is 2.53. The minimum Gasteiger partial charge on any atom is -0.366 e. The van der Waals surface area contributed by atoms with Gasteiger partial charge in [-0.1, -0.05) is 29.3 Å². The molecule has 61 valence electrons. The number of hydrogen-bond acceptors (Lipinski definition) is 2. The topological polar surface area (TPSA) is 34.1 Å². The number of Topliss-reactive ketones (excluding diaryl/α,β-unsaturated/α-hetero) is 1. The Hall–Kier alpha value is -0.596. The molecule has 0 saturated carbocycles. The van der Waals surface area contributed by atoms with Crippen LogP contribution in [-0.4, -0.2) is 11.6 Å². The zero-order chi connectivity index (χ0) is 8.55. The van der Waals surface area contributed by atoms with Crippen molar-refractivity contribution in [2.45, 2.75) is 0 Å². The maximum absolute atomic E-state index is 11.2. The first-order valence-corrected chi connectivity index (χ1v) is 3.56. The summed E-state index contributed by atoms with van der Waals surface area (Å²) in [4.78, 5) is 22.3. The second kappa shape index (κ2) is 4.08. The molecule has 3 heteroatoms. The standard InChI is InChI=1S/C10H5O2.Y/c11-9-5-6-10(12)8-4-2-1-3-7(8)9;/h1-5H;/q-1;. The van der Waals surface area contributed by atoms with Gasteiger partial charge in [-0.15, -0.1) is 18.2 Å². The van der Waals surface area contributed by atoms with E-state index in [9.17, 15) is 9.59 Å². The number of benzene rings is 1. The number of hydrogen-bond donors (Lipinski definition) is 0. The maximum Gasteiger partial charge on any atom is 0.0751 e. The Balaban J connectivity index is 0.000000845. The number of carbonyl (C=O) groups is 2. The Morgan fingerprint density at radius 1 is 1.00 bits per heavy atom. The van der Waals surface area contributed by atoms with Crippen molar-refractivity contribution < 1.29 is 42.3 Å². The van der Waals surface area contributed by atoms with Gasteiger partial charge in [-0.2, -0.15) is 0 Å². The number of rotatable bonds is 0. The molecular weight excluding hydrogens is 241 g/mol. The smallest absolute Gasteiger partial charge is 0.0751 e. The molecule has 0 atom stereocenters. The summed E-state index contributed by atoms with van der Waals surface area (Å²) in [6, 6.07) is 6.75. The molecular formula is C10H5O2Y-. The van der Waals surface area contributed by atoms with Gasteiger partial charge in [0.25, 0.3) is 0 Å². The molecule has 1 aromatic rings. The van der Waals surface area contributed by atoms with Crippen LogP contribution in [0.4, 0.5) is 0 Å². The van der Waals surface area contributed by atoms with Crippen molar-refractivity contribution in [2.75, 3.05) is 0 Å². The number of carbonyl (C=O) groups excluding carboxylic acids is 2. The Kier molecular flexibility index (Phi) is 3.29. The molecule has 0 fully saturated rings. The fraction of sp³-hybridized carbons (Fsp3) is 0. The normalized spacial score (nSPS) is 13.5. The minimum absolute atomic E-state index is 0. The average molecular weight is 246 g/mol. The van der Waals surface area contributed by atoms with Crippen molar-refractivity contribution in [3.8, 4) is 0 Å². The molecule has 0 heterocycles. The van der Waals surface area contributed by atoms with E-state index in [1.807, 2.05) is 0 Å². The molecule has 2 rings (SSSR count). The van der Waals surface area contributed by atoms with Crippen molar-refractivity contribution in [2.24, 2.45) is 0 Å². The SMILES string of the molecule is O=C1[C-]=CC(=O)c2ccccc21.[Y]. The summed E-state index contributed by atoms with van der Waals surface area (Å²) >= 11 is 0. The van der Waals surface area contributed by atoms with Gasteiger partial charge < -0.3 is 9.59 Å². The van der Waals surface area contributed by atoms with E-state index in [2.05, 4.69) is 6.08 Å². The Bertz CT molecular complexity index is 357. The predicted molar refractivity (Wildman–Crippen MR) is 42.9 cm³/mol. The predicted octanol–water partition coefficient (Wildman–Crippen LogP) is 1.42. The van der Waals surface area contributed by atoms with Crippen molar-refractivity contribution in [3.63, 3.8) is 0 Å². The average Bonchev–Trinajstić information content (AvgIpc) is 2.12. The molecule has 1 aliphatic carbocycles. The number of allylic oxidation sites excluding steroid dienone is 2. The van der Waals surface area contributed by atoms with Gasteiger partial charge in [0.1, 0.15) is 0 Å². The van der Waals surface area contributed by atoms with Crippen molar-refractivity contribution in [1.82, 2.24) is 0 Å². The van der Waals surface area contributed by atoms with E-state index in [-0.39, 0.29) is 44.3 Å². The minimum atomic E-state index is -0.217. The summed E-state index contributed by atoms with van der Waals surface area (Å²) in [6.45, 7) is 0. The largest absolute Gasteiger partial charge is 0.366 e.